The maximum atomic E-state index is 3.70. The fraction of sp³-hybridized carbons (Fsp3) is 0.625. The van der Waals surface area contributed by atoms with Crippen molar-refractivity contribution in [3.8, 4) is 0 Å². The van der Waals surface area contributed by atoms with Gasteiger partial charge in [-0.1, -0.05) is 6.08 Å². The van der Waals surface area contributed by atoms with E-state index in [-0.39, 0.29) is 0 Å². The molecule has 0 spiro atoms. The summed E-state index contributed by atoms with van der Waals surface area (Å²) in [5, 5.41) is 0. The van der Waals surface area contributed by atoms with Gasteiger partial charge in [0.2, 0.25) is 0 Å². The fourth-order valence-electron chi connectivity index (χ4n) is 1.17. The summed E-state index contributed by atoms with van der Waals surface area (Å²) in [7, 11) is 0. The third kappa shape index (κ3) is 2.19. The zero-order valence-corrected chi connectivity index (χ0v) is 5.84. The molecule has 1 aliphatic rings. The van der Waals surface area contributed by atoms with Gasteiger partial charge in [0.25, 0.3) is 0 Å². The van der Waals surface area contributed by atoms with E-state index >= 15 is 0 Å². The first-order valence-electron chi connectivity index (χ1n) is 3.58. The van der Waals surface area contributed by atoms with Crippen LogP contribution in [0.3, 0.4) is 0 Å². The lowest BCUT2D eigenvalue weighted by atomic mass is 10.1. The van der Waals surface area contributed by atoms with Crippen molar-refractivity contribution in [3.63, 3.8) is 0 Å². The van der Waals surface area contributed by atoms with Crippen LogP contribution in [0.4, 0.5) is 0 Å². The molecular formula is C8H14N. The zero-order valence-electron chi connectivity index (χ0n) is 5.84. The molecule has 1 rings (SSSR count). The molecule has 0 atom stereocenters. The van der Waals surface area contributed by atoms with Crippen molar-refractivity contribution >= 4 is 0 Å². The highest BCUT2D eigenvalue weighted by atomic mass is 15.1. The summed E-state index contributed by atoms with van der Waals surface area (Å²) in [5.74, 6) is 0. The van der Waals surface area contributed by atoms with Crippen LogP contribution in [0.1, 0.15) is 12.8 Å². The Kier molecular flexibility index (Phi) is 2.78. The van der Waals surface area contributed by atoms with Crippen LogP contribution in [-0.2, 0) is 0 Å². The first-order chi connectivity index (χ1) is 4.43. The van der Waals surface area contributed by atoms with Gasteiger partial charge in [-0.3, -0.25) is 4.90 Å². The van der Waals surface area contributed by atoms with Gasteiger partial charge >= 0.3 is 0 Å². The molecule has 0 aromatic carbocycles. The van der Waals surface area contributed by atoms with Crippen molar-refractivity contribution in [1.82, 2.24) is 4.90 Å². The van der Waals surface area contributed by atoms with Gasteiger partial charge in [0, 0.05) is 13.1 Å². The molecule has 0 N–H and O–H groups in total. The van der Waals surface area contributed by atoms with Crippen LogP contribution in [0.15, 0.2) is 12.7 Å². The van der Waals surface area contributed by atoms with Crippen molar-refractivity contribution in [2.24, 2.45) is 0 Å². The molecule has 0 amide bonds. The number of likely N-dealkylation sites (tertiary alicyclic amines) is 1. The highest BCUT2D eigenvalue weighted by molar-refractivity contribution is 4.82. The molecule has 9 heavy (non-hydrogen) atoms. The molecule has 1 saturated heterocycles. The standard InChI is InChI=1S/C8H14N/c1-2-6-9-7-4-3-5-8-9/h2,4H,1,3,5-8H2. The van der Waals surface area contributed by atoms with Crippen molar-refractivity contribution < 1.29 is 0 Å². The summed E-state index contributed by atoms with van der Waals surface area (Å²) >= 11 is 0. The minimum atomic E-state index is 1.05. The van der Waals surface area contributed by atoms with E-state index in [9.17, 15) is 0 Å². The third-order valence-electron chi connectivity index (χ3n) is 1.66. The smallest absolute Gasteiger partial charge is 0.0160 e. The highest BCUT2D eigenvalue weighted by Crippen LogP contribution is 2.06. The van der Waals surface area contributed by atoms with Crippen LogP contribution in [0.2, 0.25) is 0 Å². The normalized spacial score (nSPS) is 21.8. The fourth-order valence-corrected chi connectivity index (χ4v) is 1.17. The second kappa shape index (κ2) is 3.67. The van der Waals surface area contributed by atoms with E-state index in [2.05, 4.69) is 17.9 Å². The second-order valence-corrected chi connectivity index (χ2v) is 2.48. The molecule has 1 nitrogen and oxygen atoms in total. The minimum absolute atomic E-state index is 1.05. The molecule has 1 radical (unpaired) electrons. The molecule has 0 aliphatic carbocycles. The molecule has 0 saturated carbocycles. The summed E-state index contributed by atoms with van der Waals surface area (Å²) in [6.07, 6.45) is 6.94. The molecule has 1 aliphatic heterocycles. The molecule has 1 heterocycles. The number of hydrogen-bond donors (Lipinski definition) is 0. The predicted molar refractivity (Wildman–Crippen MR) is 40.2 cm³/mol. The lowest BCUT2D eigenvalue weighted by Gasteiger charge is -2.24. The van der Waals surface area contributed by atoms with Crippen LogP contribution in [-0.4, -0.2) is 24.5 Å². The van der Waals surface area contributed by atoms with Gasteiger partial charge in [-0.05, 0) is 25.8 Å². The molecule has 0 bridgehead atoms. The Morgan fingerprint density at radius 2 is 2.56 bits per heavy atom. The largest absolute Gasteiger partial charge is 0.299 e. The second-order valence-electron chi connectivity index (χ2n) is 2.48. The van der Waals surface area contributed by atoms with Crippen molar-refractivity contribution in [1.29, 1.82) is 0 Å². The van der Waals surface area contributed by atoms with Crippen molar-refractivity contribution in [2.75, 3.05) is 19.6 Å². The average molecular weight is 124 g/mol. The maximum Gasteiger partial charge on any atom is 0.0160 e. The van der Waals surface area contributed by atoms with Crippen LogP contribution in [0.25, 0.3) is 0 Å². The van der Waals surface area contributed by atoms with E-state index in [1.54, 1.807) is 0 Å². The van der Waals surface area contributed by atoms with Gasteiger partial charge in [0.1, 0.15) is 0 Å². The Bertz CT molecular complexity index is 82.6. The summed E-state index contributed by atoms with van der Waals surface area (Å²) in [5.41, 5.74) is 0. The topological polar surface area (TPSA) is 3.24 Å². The minimum Gasteiger partial charge on any atom is -0.299 e. The van der Waals surface area contributed by atoms with Gasteiger partial charge in [-0.15, -0.1) is 6.58 Å². The van der Waals surface area contributed by atoms with E-state index in [0.717, 1.165) is 13.1 Å². The van der Waals surface area contributed by atoms with Crippen molar-refractivity contribution in [3.05, 3.63) is 19.1 Å². The van der Waals surface area contributed by atoms with Crippen LogP contribution in [0, 0.1) is 6.42 Å². The van der Waals surface area contributed by atoms with Gasteiger partial charge in [-0.2, -0.15) is 0 Å². The summed E-state index contributed by atoms with van der Waals surface area (Å²) in [6.45, 7) is 7.16. The maximum absolute atomic E-state index is 3.70. The Hall–Kier alpha value is -0.300. The zero-order chi connectivity index (χ0) is 6.53. The van der Waals surface area contributed by atoms with Gasteiger partial charge in [0.05, 0.1) is 0 Å². The lowest BCUT2D eigenvalue weighted by molar-refractivity contribution is 0.289. The van der Waals surface area contributed by atoms with E-state index in [1.165, 1.54) is 19.4 Å². The Labute approximate surface area is 57.4 Å². The molecule has 0 unspecified atom stereocenters. The van der Waals surface area contributed by atoms with Crippen molar-refractivity contribution in [2.45, 2.75) is 12.8 Å². The highest BCUT2D eigenvalue weighted by Gasteiger charge is 2.06. The van der Waals surface area contributed by atoms with Crippen LogP contribution < -0.4 is 0 Å². The first kappa shape index (κ1) is 6.81. The lowest BCUT2D eigenvalue weighted by Crippen LogP contribution is -2.29. The molecule has 51 valence electrons. The van der Waals surface area contributed by atoms with Crippen LogP contribution in [0.5, 0.6) is 0 Å². The van der Waals surface area contributed by atoms with E-state index in [0.29, 0.717) is 0 Å². The van der Waals surface area contributed by atoms with E-state index < -0.39 is 0 Å². The van der Waals surface area contributed by atoms with Gasteiger partial charge in [-0.25, -0.2) is 0 Å². The number of rotatable bonds is 2. The van der Waals surface area contributed by atoms with Crippen LogP contribution >= 0.6 is 0 Å². The summed E-state index contributed by atoms with van der Waals surface area (Å²) in [6, 6.07) is 0. The molecular weight excluding hydrogens is 110 g/mol. The Morgan fingerprint density at radius 1 is 1.67 bits per heavy atom. The predicted octanol–water partition coefficient (Wildman–Crippen LogP) is 1.47. The monoisotopic (exact) mass is 124 g/mol. The molecule has 1 heteroatoms. The first-order valence-corrected chi connectivity index (χ1v) is 3.58. The van der Waals surface area contributed by atoms with Gasteiger partial charge in [0.15, 0.2) is 0 Å². The quantitative estimate of drug-likeness (QED) is 0.504. The summed E-state index contributed by atoms with van der Waals surface area (Å²) in [4.78, 5) is 2.40. The number of hydrogen-bond acceptors (Lipinski definition) is 1. The Morgan fingerprint density at radius 3 is 3.11 bits per heavy atom. The number of nitrogens with zero attached hydrogens (tertiary/aromatic N) is 1. The third-order valence-corrected chi connectivity index (χ3v) is 1.66. The molecule has 0 aromatic heterocycles. The average Bonchev–Trinajstić information content (AvgIpc) is 1.91. The van der Waals surface area contributed by atoms with E-state index in [4.69, 9.17) is 0 Å². The summed E-state index contributed by atoms with van der Waals surface area (Å²) < 4.78 is 0. The molecule has 0 aromatic rings. The molecule has 1 fully saturated rings. The SMILES string of the molecule is C=CCN1C[CH]CCC1. The van der Waals surface area contributed by atoms with Gasteiger partial charge < -0.3 is 0 Å². The van der Waals surface area contributed by atoms with E-state index in [1.807, 2.05) is 6.08 Å². The Balaban J connectivity index is 2.15. The number of piperidine rings is 1.